The lowest BCUT2D eigenvalue weighted by atomic mass is 9.97. The topological polar surface area (TPSA) is 77.1 Å². The number of benzene rings is 2. The molecule has 2 saturated heterocycles. The molecule has 0 bridgehead atoms. The van der Waals surface area contributed by atoms with Gasteiger partial charge in [0.05, 0.1) is 16.3 Å². The number of piperazine rings is 1. The second-order valence-electron chi connectivity index (χ2n) is 9.90. The van der Waals surface area contributed by atoms with Gasteiger partial charge in [-0.2, -0.15) is 4.31 Å². The third kappa shape index (κ3) is 5.13. The van der Waals surface area contributed by atoms with E-state index in [0.29, 0.717) is 51.1 Å². The summed E-state index contributed by atoms with van der Waals surface area (Å²) in [4.78, 5) is 23.9. The molecule has 8 nitrogen and oxygen atoms in total. The molecule has 0 spiro atoms. The van der Waals surface area contributed by atoms with E-state index in [-0.39, 0.29) is 29.1 Å². The molecule has 0 radical (unpaired) electrons. The number of piperidine rings is 1. The summed E-state index contributed by atoms with van der Waals surface area (Å²) in [6.45, 7) is 3.02. The van der Waals surface area contributed by atoms with Crippen molar-refractivity contribution >= 4 is 38.2 Å². The summed E-state index contributed by atoms with van der Waals surface area (Å²) >= 11 is 0. The molecule has 37 heavy (non-hydrogen) atoms. The molecule has 10 heteroatoms. The summed E-state index contributed by atoms with van der Waals surface area (Å²) in [5.74, 6) is -0.651. The molecular formula is C27H32FN5O3S. The zero-order valence-electron chi connectivity index (χ0n) is 21.2. The minimum absolute atomic E-state index is 0.0169. The van der Waals surface area contributed by atoms with Crippen LogP contribution in [-0.4, -0.2) is 81.9 Å². The van der Waals surface area contributed by atoms with Crippen LogP contribution in [0.2, 0.25) is 0 Å². The molecule has 0 saturated carbocycles. The van der Waals surface area contributed by atoms with Gasteiger partial charge in [0, 0.05) is 82.4 Å². The molecule has 0 N–H and O–H groups in total. The predicted octanol–water partition coefficient (Wildman–Crippen LogP) is 3.19. The van der Waals surface area contributed by atoms with Crippen LogP contribution in [0.1, 0.15) is 12.8 Å². The van der Waals surface area contributed by atoms with Gasteiger partial charge < -0.3 is 14.7 Å². The van der Waals surface area contributed by atoms with Crippen LogP contribution in [0, 0.1) is 11.7 Å². The van der Waals surface area contributed by atoms with E-state index < -0.39 is 10.0 Å². The van der Waals surface area contributed by atoms with E-state index in [4.69, 9.17) is 0 Å². The highest BCUT2D eigenvalue weighted by Gasteiger charge is 2.36. The van der Waals surface area contributed by atoms with Crippen molar-refractivity contribution < 1.29 is 17.6 Å². The predicted molar refractivity (Wildman–Crippen MR) is 143 cm³/mol. The molecule has 2 aromatic carbocycles. The van der Waals surface area contributed by atoms with Crippen LogP contribution in [0.15, 0.2) is 59.6 Å². The van der Waals surface area contributed by atoms with Gasteiger partial charge in [-0.15, -0.1) is 0 Å². The number of nitrogens with zero attached hydrogens (tertiary/aromatic N) is 5. The zero-order valence-corrected chi connectivity index (χ0v) is 22.0. The van der Waals surface area contributed by atoms with Crippen LogP contribution >= 0.6 is 0 Å². The Morgan fingerprint density at radius 1 is 1.03 bits per heavy atom. The lowest BCUT2D eigenvalue weighted by Crippen LogP contribution is -2.53. The highest BCUT2D eigenvalue weighted by molar-refractivity contribution is 7.89. The number of pyridine rings is 1. The molecule has 3 heterocycles. The highest BCUT2D eigenvalue weighted by Crippen LogP contribution is 2.29. The number of hydrogen-bond acceptors (Lipinski definition) is 6. The Morgan fingerprint density at radius 3 is 2.57 bits per heavy atom. The molecule has 1 atom stereocenters. The van der Waals surface area contributed by atoms with Crippen molar-refractivity contribution in [3.63, 3.8) is 0 Å². The number of sulfonamides is 1. The summed E-state index contributed by atoms with van der Waals surface area (Å²) < 4.78 is 41.9. The van der Waals surface area contributed by atoms with E-state index in [1.807, 2.05) is 36.0 Å². The molecule has 5 rings (SSSR count). The van der Waals surface area contributed by atoms with Crippen LogP contribution in [0.25, 0.3) is 10.9 Å². The molecule has 3 aromatic rings. The van der Waals surface area contributed by atoms with Crippen molar-refractivity contribution in [1.82, 2.24) is 14.2 Å². The quantitative estimate of drug-likeness (QED) is 0.509. The first-order chi connectivity index (χ1) is 17.7. The Labute approximate surface area is 217 Å². The molecule has 1 aromatic heterocycles. The number of halogens is 1. The van der Waals surface area contributed by atoms with Crippen LogP contribution in [0.5, 0.6) is 0 Å². The molecule has 1 unspecified atom stereocenters. The van der Waals surface area contributed by atoms with Crippen molar-refractivity contribution in [2.24, 2.45) is 5.92 Å². The summed E-state index contributed by atoms with van der Waals surface area (Å²) in [6, 6.07) is 13.4. The third-order valence-corrected chi connectivity index (χ3v) is 9.18. The Hall–Kier alpha value is -3.24. The van der Waals surface area contributed by atoms with E-state index in [9.17, 15) is 17.6 Å². The van der Waals surface area contributed by atoms with Crippen LogP contribution in [0.3, 0.4) is 0 Å². The number of anilines is 2. The van der Waals surface area contributed by atoms with Gasteiger partial charge >= 0.3 is 0 Å². The van der Waals surface area contributed by atoms with Gasteiger partial charge in [-0.25, -0.2) is 12.8 Å². The maximum Gasteiger partial charge on any atom is 0.243 e. The van der Waals surface area contributed by atoms with Gasteiger partial charge in [0.15, 0.2) is 0 Å². The van der Waals surface area contributed by atoms with Crippen molar-refractivity contribution in [1.29, 1.82) is 0 Å². The fourth-order valence-corrected chi connectivity index (χ4v) is 6.81. The standard InChI is InChI=1S/C27H32FN5O3S/c1-30(2)22-6-3-7-23(18-22)37(35,36)33-12-4-5-20(19-33)27(34)32-15-13-31(14-16-32)26-10-11-29-25-17-21(28)8-9-24(25)26/h3,6-11,17-18,20H,4-5,12-16,19H2,1-2H3. The van der Waals surface area contributed by atoms with Gasteiger partial charge in [-0.05, 0) is 49.2 Å². The number of rotatable bonds is 5. The van der Waals surface area contributed by atoms with Crippen molar-refractivity contribution in [3.05, 3.63) is 60.5 Å². The van der Waals surface area contributed by atoms with Gasteiger partial charge in [0.1, 0.15) is 5.82 Å². The first-order valence-corrected chi connectivity index (χ1v) is 14.0. The van der Waals surface area contributed by atoms with Gasteiger partial charge in [0.25, 0.3) is 0 Å². The molecule has 2 fully saturated rings. The SMILES string of the molecule is CN(C)c1cccc(S(=O)(=O)N2CCCC(C(=O)N3CCN(c4ccnc5cc(F)ccc45)CC3)C2)c1. The van der Waals surface area contributed by atoms with E-state index in [1.165, 1.54) is 16.4 Å². The van der Waals surface area contributed by atoms with Crippen LogP contribution in [0.4, 0.5) is 15.8 Å². The molecule has 0 aliphatic carbocycles. The van der Waals surface area contributed by atoms with Gasteiger partial charge in [-0.1, -0.05) is 6.07 Å². The second-order valence-corrected chi connectivity index (χ2v) is 11.8. The van der Waals surface area contributed by atoms with Crippen molar-refractivity contribution in [3.8, 4) is 0 Å². The number of hydrogen-bond donors (Lipinski definition) is 0. The van der Waals surface area contributed by atoms with E-state index >= 15 is 0 Å². The summed E-state index contributed by atoms with van der Waals surface area (Å²) in [5, 5.41) is 0.884. The fraction of sp³-hybridized carbons (Fsp3) is 0.407. The number of aromatic nitrogens is 1. The van der Waals surface area contributed by atoms with Crippen molar-refractivity contribution in [2.45, 2.75) is 17.7 Å². The summed E-state index contributed by atoms with van der Waals surface area (Å²) in [7, 11) is 0.0573. The van der Waals surface area contributed by atoms with Crippen LogP contribution in [-0.2, 0) is 14.8 Å². The van der Waals surface area contributed by atoms with Gasteiger partial charge in [0.2, 0.25) is 15.9 Å². The maximum atomic E-state index is 13.6. The largest absolute Gasteiger partial charge is 0.378 e. The first kappa shape index (κ1) is 25.4. The smallest absolute Gasteiger partial charge is 0.243 e. The van der Waals surface area contributed by atoms with E-state index in [1.54, 1.807) is 30.5 Å². The zero-order chi connectivity index (χ0) is 26.2. The van der Waals surface area contributed by atoms with E-state index in [2.05, 4.69) is 9.88 Å². The average molecular weight is 526 g/mol. The normalized spacial score (nSPS) is 19.3. The Bertz CT molecular complexity index is 1410. The molecule has 2 aliphatic rings. The minimum atomic E-state index is -3.69. The average Bonchev–Trinajstić information content (AvgIpc) is 2.92. The lowest BCUT2D eigenvalue weighted by molar-refractivity contribution is -0.137. The molecular weight excluding hydrogens is 493 g/mol. The summed E-state index contributed by atoms with van der Waals surface area (Å²) in [6.07, 6.45) is 3.02. The minimum Gasteiger partial charge on any atom is -0.378 e. The fourth-order valence-electron chi connectivity index (χ4n) is 5.24. The monoisotopic (exact) mass is 525 g/mol. The molecule has 1 amide bonds. The Morgan fingerprint density at radius 2 is 1.81 bits per heavy atom. The highest BCUT2D eigenvalue weighted by atomic mass is 32.2. The lowest BCUT2D eigenvalue weighted by Gasteiger charge is -2.39. The molecule has 2 aliphatic heterocycles. The van der Waals surface area contributed by atoms with E-state index in [0.717, 1.165) is 16.8 Å². The van der Waals surface area contributed by atoms with Gasteiger partial charge in [-0.3, -0.25) is 9.78 Å². The number of fused-ring (bicyclic) bond motifs is 1. The number of carbonyl (C=O) groups excluding carboxylic acids is 1. The maximum absolute atomic E-state index is 13.6. The third-order valence-electron chi connectivity index (χ3n) is 7.32. The summed E-state index contributed by atoms with van der Waals surface area (Å²) in [5.41, 5.74) is 2.40. The second kappa shape index (κ2) is 10.3. The van der Waals surface area contributed by atoms with Crippen molar-refractivity contribution in [2.75, 3.05) is 63.2 Å². The van der Waals surface area contributed by atoms with Crippen LogP contribution < -0.4 is 9.80 Å². The number of carbonyl (C=O) groups is 1. The first-order valence-electron chi connectivity index (χ1n) is 12.6. The number of amides is 1. The Balaban J connectivity index is 1.25. The Kier molecular flexibility index (Phi) is 7.04. The molecule has 196 valence electrons.